The first-order chi connectivity index (χ1) is 8.72. The standard InChI is InChI=1S/C13H15N3O2/c1-2-3-6-11(17)16-10-8-15-9-5-4-7-14-12(9)13(10)18/h4-5,7-8H,2-3,6H2,1H3,(H,15,18)(H,16,17). The fourth-order valence-electron chi connectivity index (χ4n) is 1.65. The molecular formula is C13H15N3O2. The largest absolute Gasteiger partial charge is 0.504 e. The van der Waals surface area contributed by atoms with Gasteiger partial charge in [-0.25, -0.2) is 0 Å². The van der Waals surface area contributed by atoms with E-state index in [0.717, 1.165) is 12.8 Å². The van der Waals surface area contributed by atoms with Gasteiger partial charge in [-0.05, 0) is 18.6 Å². The zero-order chi connectivity index (χ0) is 13.0. The number of carbonyl (C=O) groups excluding carboxylic acids is 1. The van der Waals surface area contributed by atoms with Gasteiger partial charge in [0.2, 0.25) is 5.91 Å². The van der Waals surface area contributed by atoms with Gasteiger partial charge < -0.3 is 10.4 Å². The van der Waals surface area contributed by atoms with Crippen LogP contribution in [0.3, 0.4) is 0 Å². The molecule has 2 aromatic heterocycles. The van der Waals surface area contributed by atoms with Crippen molar-refractivity contribution >= 4 is 22.6 Å². The predicted molar refractivity (Wildman–Crippen MR) is 69.4 cm³/mol. The highest BCUT2D eigenvalue weighted by Crippen LogP contribution is 2.29. The first kappa shape index (κ1) is 12.3. The molecule has 1 amide bonds. The number of carbonyl (C=O) groups is 1. The van der Waals surface area contributed by atoms with E-state index in [1.165, 1.54) is 6.20 Å². The lowest BCUT2D eigenvalue weighted by Crippen LogP contribution is -2.11. The summed E-state index contributed by atoms with van der Waals surface area (Å²) in [5, 5.41) is 12.7. The Hall–Kier alpha value is -2.17. The molecule has 2 heterocycles. The number of amides is 1. The zero-order valence-corrected chi connectivity index (χ0v) is 10.2. The number of rotatable bonds is 4. The van der Waals surface area contributed by atoms with Crippen LogP contribution in [0, 0.1) is 0 Å². The number of nitrogens with zero attached hydrogens (tertiary/aromatic N) is 2. The van der Waals surface area contributed by atoms with Gasteiger partial charge >= 0.3 is 0 Å². The normalized spacial score (nSPS) is 10.5. The predicted octanol–water partition coefficient (Wildman–Crippen LogP) is 2.46. The minimum absolute atomic E-state index is 0.0366. The summed E-state index contributed by atoms with van der Waals surface area (Å²) in [5.41, 5.74) is 1.30. The van der Waals surface area contributed by atoms with Crippen molar-refractivity contribution in [2.45, 2.75) is 26.2 Å². The molecule has 5 heteroatoms. The van der Waals surface area contributed by atoms with Crippen molar-refractivity contribution in [1.29, 1.82) is 0 Å². The van der Waals surface area contributed by atoms with Crippen molar-refractivity contribution in [2.75, 3.05) is 5.32 Å². The number of aromatic nitrogens is 2. The van der Waals surface area contributed by atoms with Crippen LogP contribution < -0.4 is 5.32 Å². The molecule has 2 rings (SSSR count). The molecule has 0 aliphatic heterocycles. The van der Waals surface area contributed by atoms with E-state index in [4.69, 9.17) is 0 Å². The lowest BCUT2D eigenvalue weighted by atomic mass is 10.2. The SMILES string of the molecule is CCCCC(=O)Nc1cnc2cccnc2c1O. The summed E-state index contributed by atoms with van der Waals surface area (Å²) in [6.07, 6.45) is 5.24. The molecule has 5 nitrogen and oxygen atoms in total. The van der Waals surface area contributed by atoms with Crippen LogP contribution in [-0.2, 0) is 4.79 Å². The average Bonchev–Trinajstić information content (AvgIpc) is 2.40. The molecule has 2 N–H and O–H groups in total. The van der Waals surface area contributed by atoms with Crippen molar-refractivity contribution in [3.05, 3.63) is 24.5 Å². The molecule has 94 valence electrons. The zero-order valence-electron chi connectivity index (χ0n) is 10.2. The molecule has 0 aliphatic carbocycles. The summed E-state index contributed by atoms with van der Waals surface area (Å²) < 4.78 is 0. The molecule has 0 unspecified atom stereocenters. The monoisotopic (exact) mass is 245 g/mol. The topological polar surface area (TPSA) is 75.1 Å². The Bertz CT molecular complexity index is 569. The lowest BCUT2D eigenvalue weighted by molar-refractivity contribution is -0.116. The van der Waals surface area contributed by atoms with Gasteiger partial charge in [-0.2, -0.15) is 0 Å². The molecule has 0 radical (unpaired) electrons. The van der Waals surface area contributed by atoms with Gasteiger partial charge in [0.1, 0.15) is 11.2 Å². The van der Waals surface area contributed by atoms with E-state index in [0.29, 0.717) is 23.1 Å². The fraction of sp³-hybridized carbons (Fsp3) is 0.308. The number of pyridine rings is 2. The third kappa shape index (κ3) is 2.56. The molecule has 0 saturated heterocycles. The van der Waals surface area contributed by atoms with E-state index in [1.807, 2.05) is 6.92 Å². The number of unbranched alkanes of at least 4 members (excludes halogenated alkanes) is 1. The Morgan fingerprint density at radius 2 is 2.28 bits per heavy atom. The molecule has 0 spiro atoms. The average molecular weight is 245 g/mol. The molecule has 0 atom stereocenters. The molecule has 0 saturated carbocycles. The summed E-state index contributed by atoms with van der Waals surface area (Å²) in [6.45, 7) is 2.02. The lowest BCUT2D eigenvalue weighted by Gasteiger charge is -2.08. The van der Waals surface area contributed by atoms with E-state index in [9.17, 15) is 9.90 Å². The maximum atomic E-state index is 11.6. The quantitative estimate of drug-likeness (QED) is 0.867. The maximum Gasteiger partial charge on any atom is 0.224 e. The van der Waals surface area contributed by atoms with Crippen LogP contribution in [-0.4, -0.2) is 21.0 Å². The number of fused-ring (bicyclic) bond motifs is 1. The Morgan fingerprint density at radius 3 is 3.06 bits per heavy atom. The van der Waals surface area contributed by atoms with Gasteiger partial charge in [0, 0.05) is 12.6 Å². The molecule has 0 fully saturated rings. The summed E-state index contributed by atoms with van der Waals surface area (Å²) in [4.78, 5) is 19.8. The summed E-state index contributed by atoms with van der Waals surface area (Å²) in [5.74, 6) is -0.158. The van der Waals surface area contributed by atoms with Crippen LogP contribution in [0.1, 0.15) is 26.2 Å². The molecule has 0 aliphatic rings. The number of hydrogen-bond donors (Lipinski definition) is 2. The summed E-state index contributed by atoms with van der Waals surface area (Å²) >= 11 is 0. The second-order valence-electron chi connectivity index (χ2n) is 4.04. The van der Waals surface area contributed by atoms with Crippen molar-refractivity contribution in [2.24, 2.45) is 0 Å². The number of aromatic hydroxyl groups is 1. The van der Waals surface area contributed by atoms with Crippen LogP contribution in [0.25, 0.3) is 11.0 Å². The van der Waals surface area contributed by atoms with Crippen LogP contribution in [0.4, 0.5) is 5.69 Å². The Labute approximate surface area is 105 Å². The second kappa shape index (κ2) is 5.44. The highest BCUT2D eigenvalue weighted by atomic mass is 16.3. The Morgan fingerprint density at radius 1 is 1.44 bits per heavy atom. The molecule has 18 heavy (non-hydrogen) atoms. The molecule has 0 bridgehead atoms. The third-order valence-corrected chi connectivity index (χ3v) is 2.63. The van der Waals surface area contributed by atoms with E-state index >= 15 is 0 Å². The Balaban J connectivity index is 2.24. The van der Waals surface area contributed by atoms with Gasteiger partial charge in [0.15, 0.2) is 5.75 Å². The highest BCUT2D eigenvalue weighted by Gasteiger charge is 2.10. The number of anilines is 1. The van der Waals surface area contributed by atoms with E-state index in [1.54, 1.807) is 18.3 Å². The fourth-order valence-corrected chi connectivity index (χ4v) is 1.65. The molecule has 2 aromatic rings. The van der Waals surface area contributed by atoms with E-state index < -0.39 is 0 Å². The Kier molecular flexibility index (Phi) is 3.72. The minimum Gasteiger partial charge on any atom is -0.504 e. The van der Waals surface area contributed by atoms with Crippen molar-refractivity contribution in [3.8, 4) is 5.75 Å². The smallest absolute Gasteiger partial charge is 0.224 e. The van der Waals surface area contributed by atoms with E-state index in [-0.39, 0.29) is 11.7 Å². The maximum absolute atomic E-state index is 11.6. The molecule has 0 aromatic carbocycles. The van der Waals surface area contributed by atoms with Crippen LogP contribution in [0.2, 0.25) is 0 Å². The van der Waals surface area contributed by atoms with E-state index in [2.05, 4.69) is 15.3 Å². The van der Waals surface area contributed by atoms with Crippen LogP contribution in [0.15, 0.2) is 24.5 Å². The summed E-state index contributed by atoms with van der Waals surface area (Å²) in [6, 6.07) is 3.50. The highest BCUT2D eigenvalue weighted by molar-refractivity contribution is 5.96. The minimum atomic E-state index is -0.121. The van der Waals surface area contributed by atoms with Crippen LogP contribution >= 0.6 is 0 Å². The second-order valence-corrected chi connectivity index (χ2v) is 4.04. The third-order valence-electron chi connectivity index (χ3n) is 2.63. The first-order valence-electron chi connectivity index (χ1n) is 5.95. The van der Waals surface area contributed by atoms with Gasteiger partial charge in [-0.3, -0.25) is 14.8 Å². The van der Waals surface area contributed by atoms with Gasteiger partial charge in [0.05, 0.1) is 11.7 Å². The number of nitrogens with one attached hydrogen (secondary N) is 1. The summed E-state index contributed by atoms with van der Waals surface area (Å²) in [7, 11) is 0. The van der Waals surface area contributed by atoms with Crippen molar-refractivity contribution < 1.29 is 9.90 Å². The van der Waals surface area contributed by atoms with Crippen molar-refractivity contribution in [1.82, 2.24) is 9.97 Å². The van der Waals surface area contributed by atoms with Gasteiger partial charge in [-0.15, -0.1) is 0 Å². The first-order valence-corrected chi connectivity index (χ1v) is 5.95. The van der Waals surface area contributed by atoms with Gasteiger partial charge in [0.25, 0.3) is 0 Å². The van der Waals surface area contributed by atoms with Crippen molar-refractivity contribution in [3.63, 3.8) is 0 Å². The van der Waals surface area contributed by atoms with Crippen LogP contribution in [0.5, 0.6) is 5.75 Å². The molecular weight excluding hydrogens is 230 g/mol. The number of hydrogen-bond acceptors (Lipinski definition) is 4. The van der Waals surface area contributed by atoms with Gasteiger partial charge in [-0.1, -0.05) is 13.3 Å².